The van der Waals surface area contributed by atoms with Gasteiger partial charge in [0, 0.05) is 26.1 Å². The Morgan fingerprint density at radius 2 is 1.97 bits per heavy atom. The number of nitrogens with one attached hydrogen (secondary N) is 1. The van der Waals surface area contributed by atoms with Gasteiger partial charge in [0.15, 0.2) is 0 Å². The van der Waals surface area contributed by atoms with Crippen molar-refractivity contribution in [2.24, 2.45) is 5.92 Å². The van der Waals surface area contributed by atoms with Gasteiger partial charge in [0.1, 0.15) is 6.29 Å². The molecule has 0 aromatic heterocycles. The summed E-state index contributed by atoms with van der Waals surface area (Å²) in [6, 6.07) is 15.9. The van der Waals surface area contributed by atoms with Crippen LogP contribution >= 0.6 is 24.8 Å². The van der Waals surface area contributed by atoms with E-state index in [1.54, 1.807) is 0 Å². The number of carbonyl (C=O) groups is 1. The minimum atomic E-state index is 0. The van der Waals surface area contributed by atoms with Gasteiger partial charge in [-0.3, -0.25) is 4.90 Å². The SMILES string of the molecule is Cc1ccccc1CN1CCC(CCC=O)C(c2ccc3c(c2)CNCCC3)C1.Cl.Cl. The van der Waals surface area contributed by atoms with Crippen LogP contribution in [0.2, 0.25) is 0 Å². The summed E-state index contributed by atoms with van der Waals surface area (Å²) in [5.41, 5.74) is 7.27. The number of benzene rings is 2. The average molecular weight is 463 g/mol. The van der Waals surface area contributed by atoms with Gasteiger partial charge in [-0.2, -0.15) is 0 Å². The lowest BCUT2D eigenvalue weighted by molar-refractivity contribution is -0.108. The van der Waals surface area contributed by atoms with Crippen molar-refractivity contribution in [1.82, 2.24) is 10.2 Å². The third kappa shape index (κ3) is 6.55. The number of carbonyl (C=O) groups excluding carboxylic acids is 1. The molecule has 0 amide bonds. The number of fused-ring (bicyclic) bond motifs is 1. The first-order valence-corrected chi connectivity index (χ1v) is 11.3. The average Bonchev–Trinajstić information content (AvgIpc) is 2.99. The minimum absolute atomic E-state index is 0. The van der Waals surface area contributed by atoms with E-state index < -0.39 is 0 Å². The van der Waals surface area contributed by atoms with Crippen LogP contribution < -0.4 is 5.32 Å². The number of hydrogen-bond acceptors (Lipinski definition) is 3. The number of rotatable bonds is 6. The van der Waals surface area contributed by atoms with Crippen LogP contribution in [0, 0.1) is 12.8 Å². The third-order valence-corrected chi connectivity index (χ3v) is 6.92. The molecular weight excluding hydrogens is 427 g/mol. The van der Waals surface area contributed by atoms with Gasteiger partial charge < -0.3 is 10.1 Å². The molecule has 2 aromatic rings. The molecule has 0 radical (unpaired) electrons. The van der Waals surface area contributed by atoms with Crippen molar-refractivity contribution in [2.45, 2.75) is 58.0 Å². The first kappa shape index (κ1) is 25.9. The van der Waals surface area contributed by atoms with Crippen molar-refractivity contribution >= 4 is 31.1 Å². The standard InChI is InChI=1S/C26H34N2O.2ClH/c1-20-6-2-3-7-24(20)18-28-14-12-22(9-5-15-29)26(19-28)23-11-10-21-8-4-13-27-17-25(21)16-23;;/h2-3,6-7,10-11,15-16,22,26-27H,4-5,8-9,12-14,17-19H2,1H3;2*1H. The molecule has 170 valence electrons. The molecule has 0 bridgehead atoms. The molecule has 4 rings (SSSR count). The van der Waals surface area contributed by atoms with Crippen molar-refractivity contribution in [1.29, 1.82) is 0 Å². The maximum Gasteiger partial charge on any atom is 0.120 e. The Bertz CT molecular complexity index is 842. The molecule has 3 nitrogen and oxygen atoms in total. The summed E-state index contributed by atoms with van der Waals surface area (Å²) in [5, 5.41) is 3.57. The second-order valence-corrected chi connectivity index (χ2v) is 8.87. The summed E-state index contributed by atoms with van der Waals surface area (Å²) in [4.78, 5) is 13.7. The number of halogens is 2. The number of aryl methyl sites for hydroxylation is 2. The van der Waals surface area contributed by atoms with Crippen LogP contribution in [0.4, 0.5) is 0 Å². The summed E-state index contributed by atoms with van der Waals surface area (Å²) in [6.07, 6.45) is 6.38. The maximum absolute atomic E-state index is 11.0. The first-order chi connectivity index (χ1) is 14.2. The fraction of sp³-hybridized carbons (Fsp3) is 0.500. The van der Waals surface area contributed by atoms with E-state index in [4.69, 9.17) is 0 Å². The van der Waals surface area contributed by atoms with E-state index >= 15 is 0 Å². The Hall–Kier alpha value is -1.39. The van der Waals surface area contributed by atoms with Crippen LogP contribution in [-0.4, -0.2) is 30.8 Å². The molecule has 2 atom stereocenters. The summed E-state index contributed by atoms with van der Waals surface area (Å²) in [7, 11) is 0. The van der Waals surface area contributed by atoms with E-state index in [0.717, 1.165) is 45.4 Å². The highest BCUT2D eigenvalue weighted by Gasteiger charge is 2.30. The second kappa shape index (κ2) is 12.6. The monoisotopic (exact) mass is 462 g/mol. The van der Waals surface area contributed by atoms with Gasteiger partial charge in [-0.25, -0.2) is 0 Å². The molecule has 2 aromatic carbocycles. The van der Waals surface area contributed by atoms with Crippen molar-refractivity contribution < 1.29 is 4.79 Å². The molecule has 0 aliphatic carbocycles. The second-order valence-electron chi connectivity index (χ2n) is 8.87. The van der Waals surface area contributed by atoms with Gasteiger partial charge in [-0.05, 0) is 85.3 Å². The normalized spacial score (nSPS) is 21.2. The molecule has 5 heteroatoms. The molecule has 0 saturated carbocycles. The summed E-state index contributed by atoms with van der Waals surface area (Å²) < 4.78 is 0. The highest BCUT2D eigenvalue weighted by Crippen LogP contribution is 2.37. The predicted molar refractivity (Wildman–Crippen MR) is 134 cm³/mol. The van der Waals surface area contributed by atoms with Crippen LogP contribution in [0.25, 0.3) is 0 Å². The lowest BCUT2D eigenvalue weighted by Gasteiger charge is -2.39. The van der Waals surface area contributed by atoms with Gasteiger partial charge in [-0.15, -0.1) is 24.8 Å². The van der Waals surface area contributed by atoms with Crippen LogP contribution in [0.1, 0.15) is 59.4 Å². The Balaban J connectivity index is 0.00000171. The summed E-state index contributed by atoms with van der Waals surface area (Å²) >= 11 is 0. The highest BCUT2D eigenvalue weighted by atomic mass is 35.5. The number of hydrogen-bond donors (Lipinski definition) is 1. The molecule has 31 heavy (non-hydrogen) atoms. The molecule has 2 unspecified atom stereocenters. The smallest absolute Gasteiger partial charge is 0.120 e. The Kier molecular flexibility index (Phi) is 10.5. The molecule has 1 fully saturated rings. The van der Waals surface area contributed by atoms with E-state index in [-0.39, 0.29) is 24.8 Å². The molecule has 1 N–H and O–H groups in total. The van der Waals surface area contributed by atoms with Gasteiger partial charge in [0.25, 0.3) is 0 Å². The number of likely N-dealkylation sites (tertiary alicyclic amines) is 1. The van der Waals surface area contributed by atoms with Crippen molar-refractivity contribution in [3.05, 3.63) is 70.3 Å². The Labute approximate surface area is 199 Å². The predicted octanol–water partition coefficient (Wildman–Crippen LogP) is 5.46. The van der Waals surface area contributed by atoms with E-state index in [0.29, 0.717) is 18.3 Å². The molecular formula is C26H36Cl2N2O. The largest absolute Gasteiger partial charge is 0.313 e. The summed E-state index contributed by atoms with van der Waals surface area (Å²) in [5.74, 6) is 1.12. The lowest BCUT2D eigenvalue weighted by Crippen LogP contribution is -2.39. The Morgan fingerprint density at radius 1 is 1.13 bits per heavy atom. The van der Waals surface area contributed by atoms with E-state index in [1.165, 1.54) is 47.1 Å². The number of aldehydes is 1. The van der Waals surface area contributed by atoms with Crippen LogP contribution in [0.15, 0.2) is 42.5 Å². The summed E-state index contributed by atoms with van der Waals surface area (Å²) in [6.45, 7) is 7.55. The zero-order valence-corrected chi connectivity index (χ0v) is 20.1. The topological polar surface area (TPSA) is 32.3 Å². The third-order valence-electron chi connectivity index (χ3n) is 6.92. The van der Waals surface area contributed by atoms with Gasteiger partial charge in [-0.1, -0.05) is 42.5 Å². The van der Waals surface area contributed by atoms with Crippen molar-refractivity contribution in [2.75, 3.05) is 19.6 Å². The van der Waals surface area contributed by atoms with Crippen LogP contribution in [-0.2, 0) is 24.3 Å². The van der Waals surface area contributed by atoms with E-state index in [1.807, 2.05) is 0 Å². The van der Waals surface area contributed by atoms with Gasteiger partial charge in [0.05, 0.1) is 0 Å². The lowest BCUT2D eigenvalue weighted by atomic mass is 9.77. The zero-order chi connectivity index (χ0) is 20.1. The van der Waals surface area contributed by atoms with Gasteiger partial charge >= 0.3 is 0 Å². The quantitative estimate of drug-likeness (QED) is 0.578. The van der Waals surface area contributed by atoms with Gasteiger partial charge in [0.2, 0.25) is 0 Å². The zero-order valence-electron chi connectivity index (χ0n) is 18.5. The highest BCUT2D eigenvalue weighted by molar-refractivity contribution is 5.85. The Morgan fingerprint density at radius 3 is 2.77 bits per heavy atom. The number of piperidine rings is 1. The van der Waals surface area contributed by atoms with Crippen molar-refractivity contribution in [3.63, 3.8) is 0 Å². The first-order valence-electron chi connectivity index (χ1n) is 11.3. The van der Waals surface area contributed by atoms with Crippen molar-refractivity contribution in [3.8, 4) is 0 Å². The fourth-order valence-corrected chi connectivity index (χ4v) is 5.16. The van der Waals surface area contributed by atoms with E-state index in [9.17, 15) is 4.79 Å². The number of nitrogens with zero attached hydrogens (tertiary/aromatic N) is 1. The van der Waals surface area contributed by atoms with Crippen LogP contribution in [0.5, 0.6) is 0 Å². The molecule has 2 aliphatic heterocycles. The fourth-order valence-electron chi connectivity index (χ4n) is 5.16. The van der Waals surface area contributed by atoms with E-state index in [2.05, 4.69) is 59.6 Å². The molecule has 1 saturated heterocycles. The molecule has 2 heterocycles. The molecule has 2 aliphatic rings. The molecule has 0 spiro atoms. The maximum atomic E-state index is 11.0. The van der Waals surface area contributed by atoms with Crippen LogP contribution in [0.3, 0.4) is 0 Å². The minimum Gasteiger partial charge on any atom is -0.313 e.